The molecule has 0 radical (unpaired) electrons. The number of fused-ring (bicyclic) bond motifs is 3. The number of aryl methyl sites for hydroxylation is 1. The molecule has 148 valence electrons. The molecule has 9 nitrogen and oxygen atoms in total. The van der Waals surface area contributed by atoms with Crippen molar-refractivity contribution in [3.05, 3.63) is 17.8 Å². The predicted octanol–water partition coefficient (Wildman–Crippen LogP) is 1.52. The minimum absolute atomic E-state index is 0.0172. The van der Waals surface area contributed by atoms with Gasteiger partial charge in [-0.05, 0) is 26.2 Å². The number of hydrogen-bond acceptors (Lipinski definition) is 7. The monoisotopic (exact) mass is 382 g/mol. The van der Waals surface area contributed by atoms with Gasteiger partial charge in [0.15, 0.2) is 11.6 Å². The van der Waals surface area contributed by atoms with E-state index >= 15 is 0 Å². The first kappa shape index (κ1) is 17.4. The minimum Gasteiger partial charge on any atom is -0.353 e. The van der Waals surface area contributed by atoms with E-state index in [1.807, 2.05) is 18.0 Å². The lowest BCUT2D eigenvalue weighted by Crippen LogP contribution is -2.48. The zero-order valence-corrected chi connectivity index (χ0v) is 16.4. The molecule has 1 saturated carbocycles. The van der Waals surface area contributed by atoms with E-state index in [-0.39, 0.29) is 11.9 Å². The van der Waals surface area contributed by atoms with Crippen LogP contribution in [0.25, 0.3) is 5.69 Å². The van der Waals surface area contributed by atoms with Crippen molar-refractivity contribution in [2.75, 3.05) is 29.4 Å². The number of aromatic nitrogens is 5. The maximum atomic E-state index is 11.8. The van der Waals surface area contributed by atoms with E-state index in [4.69, 9.17) is 4.98 Å². The van der Waals surface area contributed by atoms with Gasteiger partial charge in [0, 0.05) is 19.1 Å². The fourth-order valence-corrected chi connectivity index (χ4v) is 4.82. The van der Waals surface area contributed by atoms with Crippen LogP contribution >= 0.6 is 0 Å². The van der Waals surface area contributed by atoms with Gasteiger partial charge in [0.25, 0.3) is 0 Å². The van der Waals surface area contributed by atoms with Gasteiger partial charge in [-0.3, -0.25) is 9.36 Å². The third-order valence-corrected chi connectivity index (χ3v) is 6.13. The molecule has 0 aromatic carbocycles. The molecule has 2 fully saturated rings. The summed E-state index contributed by atoms with van der Waals surface area (Å²) >= 11 is 0. The summed E-state index contributed by atoms with van der Waals surface area (Å²) in [7, 11) is 0. The number of carbonyl (C=O) groups is 1. The molecule has 0 bridgehead atoms. The standard InChI is InChI=1S/C19H26N8O/c1-3-14-18-24-23-12(2)26(18)15-10-21-19(25-9-8-20-16(28)11-25)22-17(15)27(14)13-6-4-5-7-13/h10,13-14H,3-9,11H2,1-2H3,(H,20,28). The summed E-state index contributed by atoms with van der Waals surface area (Å²) in [5.41, 5.74) is 0.944. The summed E-state index contributed by atoms with van der Waals surface area (Å²) in [5.74, 6) is 3.43. The summed E-state index contributed by atoms with van der Waals surface area (Å²) < 4.78 is 2.10. The smallest absolute Gasteiger partial charge is 0.239 e. The van der Waals surface area contributed by atoms with Gasteiger partial charge < -0.3 is 15.1 Å². The molecule has 1 aliphatic carbocycles. The summed E-state index contributed by atoms with van der Waals surface area (Å²) in [5, 5.41) is 11.7. The van der Waals surface area contributed by atoms with E-state index in [2.05, 4.69) is 36.9 Å². The second-order valence-electron chi connectivity index (χ2n) is 7.86. The predicted molar refractivity (Wildman–Crippen MR) is 105 cm³/mol. The molecule has 2 aromatic rings. The van der Waals surface area contributed by atoms with Gasteiger partial charge in [0.05, 0.1) is 18.8 Å². The largest absolute Gasteiger partial charge is 0.353 e. The molecule has 5 rings (SSSR count). The lowest BCUT2D eigenvalue weighted by Gasteiger charge is -2.41. The molecular formula is C19H26N8O. The Hall–Kier alpha value is -2.71. The lowest BCUT2D eigenvalue weighted by molar-refractivity contribution is -0.120. The van der Waals surface area contributed by atoms with Gasteiger partial charge in [-0.25, -0.2) is 4.98 Å². The molecule has 1 amide bonds. The Morgan fingerprint density at radius 2 is 2.07 bits per heavy atom. The number of amides is 1. The molecule has 1 N–H and O–H groups in total. The molecule has 28 heavy (non-hydrogen) atoms. The third-order valence-electron chi connectivity index (χ3n) is 6.13. The maximum absolute atomic E-state index is 11.8. The second kappa shape index (κ2) is 6.72. The highest BCUT2D eigenvalue weighted by molar-refractivity contribution is 5.82. The molecule has 1 atom stereocenters. The molecule has 2 aromatic heterocycles. The first-order valence-electron chi connectivity index (χ1n) is 10.3. The van der Waals surface area contributed by atoms with E-state index in [0.29, 0.717) is 25.1 Å². The summed E-state index contributed by atoms with van der Waals surface area (Å²) in [6.07, 6.45) is 7.67. The van der Waals surface area contributed by atoms with Crippen LogP contribution in [0.1, 0.15) is 56.7 Å². The average Bonchev–Trinajstić information content (AvgIpc) is 3.37. The van der Waals surface area contributed by atoms with Crippen molar-refractivity contribution >= 4 is 17.7 Å². The van der Waals surface area contributed by atoms with Crippen LogP contribution in [0.2, 0.25) is 0 Å². The van der Waals surface area contributed by atoms with Gasteiger partial charge in [-0.15, -0.1) is 10.2 Å². The SMILES string of the molecule is CCC1c2nnc(C)n2-c2cnc(N3CCNC(=O)C3)nc2N1C1CCCC1. The molecular weight excluding hydrogens is 356 g/mol. The fraction of sp³-hybridized carbons (Fsp3) is 0.632. The first-order chi connectivity index (χ1) is 13.7. The average molecular weight is 382 g/mol. The van der Waals surface area contributed by atoms with Crippen molar-refractivity contribution in [1.82, 2.24) is 30.0 Å². The van der Waals surface area contributed by atoms with Crippen LogP contribution in [0.4, 0.5) is 11.8 Å². The van der Waals surface area contributed by atoms with E-state index < -0.39 is 0 Å². The van der Waals surface area contributed by atoms with Crippen molar-refractivity contribution in [2.45, 2.75) is 58.0 Å². The minimum atomic E-state index is 0.0172. The van der Waals surface area contributed by atoms with Crippen LogP contribution in [-0.4, -0.2) is 56.3 Å². The highest BCUT2D eigenvalue weighted by Gasteiger charge is 2.39. The van der Waals surface area contributed by atoms with Crippen LogP contribution in [0, 0.1) is 6.92 Å². The summed E-state index contributed by atoms with van der Waals surface area (Å²) in [6, 6.07) is 0.617. The molecule has 1 unspecified atom stereocenters. The summed E-state index contributed by atoms with van der Waals surface area (Å²) in [4.78, 5) is 25.9. The highest BCUT2D eigenvalue weighted by Crippen LogP contribution is 2.43. The molecule has 0 spiro atoms. The number of hydrogen-bond donors (Lipinski definition) is 1. The van der Waals surface area contributed by atoms with Gasteiger partial charge >= 0.3 is 0 Å². The number of anilines is 2. The van der Waals surface area contributed by atoms with Gasteiger partial charge in [-0.1, -0.05) is 19.8 Å². The van der Waals surface area contributed by atoms with E-state index in [0.717, 1.165) is 36.1 Å². The third kappa shape index (κ3) is 2.63. The van der Waals surface area contributed by atoms with E-state index in [1.165, 1.54) is 25.7 Å². The van der Waals surface area contributed by atoms with Crippen molar-refractivity contribution in [1.29, 1.82) is 0 Å². The van der Waals surface area contributed by atoms with E-state index in [9.17, 15) is 4.79 Å². The van der Waals surface area contributed by atoms with Crippen LogP contribution in [0.15, 0.2) is 6.20 Å². The first-order valence-corrected chi connectivity index (χ1v) is 10.3. The van der Waals surface area contributed by atoms with Crippen LogP contribution in [-0.2, 0) is 4.79 Å². The Morgan fingerprint density at radius 3 is 2.82 bits per heavy atom. The number of nitrogens with one attached hydrogen (secondary N) is 1. The molecule has 2 aliphatic heterocycles. The van der Waals surface area contributed by atoms with Crippen molar-refractivity contribution in [2.24, 2.45) is 0 Å². The summed E-state index contributed by atoms with van der Waals surface area (Å²) in [6.45, 7) is 5.82. The fourth-order valence-electron chi connectivity index (χ4n) is 4.82. The van der Waals surface area contributed by atoms with Crippen molar-refractivity contribution < 1.29 is 4.79 Å². The molecule has 1 saturated heterocycles. The van der Waals surface area contributed by atoms with Crippen molar-refractivity contribution in [3.63, 3.8) is 0 Å². The zero-order valence-electron chi connectivity index (χ0n) is 16.4. The number of piperazine rings is 1. The Balaban J connectivity index is 1.64. The van der Waals surface area contributed by atoms with Crippen LogP contribution in [0.5, 0.6) is 0 Å². The van der Waals surface area contributed by atoms with Crippen LogP contribution < -0.4 is 15.1 Å². The maximum Gasteiger partial charge on any atom is 0.239 e. The molecule has 3 aliphatic rings. The van der Waals surface area contributed by atoms with Gasteiger partial charge in [0.1, 0.15) is 11.5 Å². The Morgan fingerprint density at radius 1 is 1.25 bits per heavy atom. The Kier molecular flexibility index (Phi) is 4.17. The van der Waals surface area contributed by atoms with Gasteiger partial charge in [0.2, 0.25) is 11.9 Å². The molecule has 4 heterocycles. The lowest BCUT2D eigenvalue weighted by atomic mass is 10.0. The Bertz CT molecular complexity index is 903. The normalized spacial score (nSPS) is 22.2. The number of rotatable bonds is 3. The quantitative estimate of drug-likeness (QED) is 0.860. The van der Waals surface area contributed by atoms with Gasteiger partial charge in [-0.2, -0.15) is 4.98 Å². The second-order valence-corrected chi connectivity index (χ2v) is 7.86. The zero-order chi connectivity index (χ0) is 19.3. The highest BCUT2D eigenvalue weighted by atomic mass is 16.2. The van der Waals surface area contributed by atoms with Crippen LogP contribution in [0.3, 0.4) is 0 Å². The topological polar surface area (TPSA) is 92.1 Å². The Labute approximate surface area is 164 Å². The van der Waals surface area contributed by atoms with Crippen molar-refractivity contribution in [3.8, 4) is 5.69 Å². The molecule has 9 heteroatoms. The number of carbonyl (C=O) groups excluding carboxylic acids is 1. The number of nitrogens with zero attached hydrogens (tertiary/aromatic N) is 7. The van der Waals surface area contributed by atoms with E-state index in [1.54, 1.807) is 0 Å².